The summed E-state index contributed by atoms with van der Waals surface area (Å²) in [4.78, 5) is 23.6. The van der Waals surface area contributed by atoms with E-state index in [0.717, 1.165) is 12.2 Å². The van der Waals surface area contributed by atoms with Gasteiger partial charge in [-0.3, -0.25) is 9.48 Å². The zero-order valence-corrected chi connectivity index (χ0v) is 20.6. The van der Waals surface area contributed by atoms with E-state index in [1.807, 2.05) is 31.9 Å². The van der Waals surface area contributed by atoms with Gasteiger partial charge in [-0.25, -0.2) is 4.98 Å². The zero-order chi connectivity index (χ0) is 23.3. The van der Waals surface area contributed by atoms with E-state index in [2.05, 4.69) is 53.5 Å². The van der Waals surface area contributed by atoms with E-state index in [0.29, 0.717) is 27.7 Å². The number of amides is 1. The molecule has 0 spiro atoms. The Hall–Kier alpha value is -2.69. The number of nitrogens with one attached hydrogen (secondary N) is 2. The van der Waals surface area contributed by atoms with Crippen LogP contribution >= 0.6 is 27.5 Å². The normalized spacial score (nSPS) is 12.0. The number of carbonyl (C=O) groups excluding carboxylic acids is 1. The first-order valence-corrected chi connectivity index (χ1v) is 11.2. The molecule has 2 heterocycles. The summed E-state index contributed by atoms with van der Waals surface area (Å²) >= 11 is 9.59. The number of likely N-dealkylation sites (N-methyl/N-ethyl adjacent to an activating group) is 1. The van der Waals surface area contributed by atoms with E-state index in [4.69, 9.17) is 16.3 Å². The maximum atomic E-state index is 12.9. The van der Waals surface area contributed by atoms with Crippen LogP contribution in [0.3, 0.4) is 0 Å². The lowest BCUT2D eigenvalue weighted by molar-refractivity contribution is 0.102. The molecule has 0 aliphatic heterocycles. The Morgan fingerprint density at radius 1 is 1.34 bits per heavy atom. The lowest BCUT2D eigenvalue weighted by Gasteiger charge is -2.17. The first-order valence-electron chi connectivity index (χ1n) is 9.99. The van der Waals surface area contributed by atoms with Crippen LogP contribution in [0.2, 0.25) is 5.02 Å². The third-order valence-corrected chi connectivity index (χ3v) is 5.40. The van der Waals surface area contributed by atoms with Gasteiger partial charge in [0.05, 0.1) is 35.2 Å². The van der Waals surface area contributed by atoms with Crippen LogP contribution < -0.4 is 15.4 Å². The molecule has 3 aromatic rings. The van der Waals surface area contributed by atoms with Gasteiger partial charge in [0.15, 0.2) is 0 Å². The molecule has 0 aliphatic carbocycles. The Kier molecular flexibility index (Phi) is 8.05. The minimum Gasteiger partial charge on any atom is -0.477 e. The highest BCUT2D eigenvalue weighted by atomic mass is 79.9. The van der Waals surface area contributed by atoms with Gasteiger partial charge in [-0.05, 0) is 56.0 Å². The minimum absolute atomic E-state index is 0.166. The summed E-state index contributed by atoms with van der Waals surface area (Å²) in [5.41, 5.74) is 1.39. The molecule has 2 aromatic heterocycles. The molecular weight excluding hydrogens is 498 g/mol. The fraction of sp³-hybridized carbons (Fsp3) is 0.333. The molecular formula is C21H25BrClN7O2. The van der Waals surface area contributed by atoms with Crippen molar-refractivity contribution < 1.29 is 9.53 Å². The molecule has 0 saturated carbocycles. The number of ether oxygens (including phenoxy) is 1. The van der Waals surface area contributed by atoms with Crippen molar-refractivity contribution in [1.82, 2.24) is 24.6 Å². The number of aromatic nitrogens is 4. The van der Waals surface area contributed by atoms with Gasteiger partial charge >= 0.3 is 0 Å². The number of para-hydroxylation sites is 1. The van der Waals surface area contributed by atoms with E-state index in [1.165, 1.54) is 6.20 Å². The minimum atomic E-state index is -0.431. The third-order valence-electron chi connectivity index (χ3n) is 4.42. The van der Waals surface area contributed by atoms with Crippen LogP contribution in [0.5, 0.6) is 5.88 Å². The molecule has 32 heavy (non-hydrogen) atoms. The quantitative estimate of drug-likeness (QED) is 0.424. The summed E-state index contributed by atoms with van der Waals surface area (Å²) in [7, 11) is 4.04. The molecule has 2 N–H and O–H groups in total. The van der Waals surface area contributed by atoms with Crippen molar-refractivity contribution in [2.75, 3.05) is 37.9 Å². The van der Waals surface area contributed by atoms with Gasteiger partial charge in [0.1, 0.15) is 5.56 Å². The summed E-state index contributed by atoms with van der Waals surface area (Å²) < 4.78 is 8.13. The van der Waals surface area contributed by atoms with Crippen LogP contribution in [-0.4, -0.2) is 57.8 Å². The zero-order valence-electron chi connectivity index (χ0n) is 18.3. The van der Waals surface area contributed by atoms with Crippen LogP contribution in [0.4, 0.5) is 17.3 Å². The van der Waals surface area contributed by atoms with Gasteiger partial charge in [-0.15, -0.1) is 0 Å². The first kappa shape index (κ1) is 24.0. The van der Waals surface area contributed by atoms with Gasteiger partial charge in [0, 0.05) is 23.4 Å². The van der Waals surface area contributed by atoms with Gasteiger partial charge in [0.25, 0.3) is 5.91 Å². The second-order valence-electron chi connectivity index (χ2n) is 7.34. The molecule has 0 bridgehead atoms. The lowest BCUT2D eigenvalue weighted by atomic mass is 10.2. The molecule has 9 nitrogen and oxygen atoms in total. The summed E-state index contributed by atoms with van der Waals surface area (Å²) in [5, 5.41) is 10.7. The summed E-state index contributed by atoms with van der Waals surface area (Å²) in [6.07, 6.45) is 5.00. The van der Waals surface area contributed by atoms with E-state index in [9.17, 15) is 4.79 Å². The number of carbonyl (C=O) groups is 1. The molecule has 1 aromatic carbocycles. The Balaban J connectivity index is 1.79. The monoisotopic (exact) mass is 521 g/mol. The molecule has 0 aliphatic rings. The van der Waals surface area contributed by atoms with E-state index < -0.39 is 5.91 Å². The second kappa shape index (κ2) is 10.8. The topological polar surface area (TPSA) is 97.2 Å². The van der Waals surface area contributed by atoms with Gasteiger partial charge in [-0.1, -0.05) is 17.7 Å². The number of hydrogen-bond donors (Lipinski definition) is 2. The van der Waals surface area contributed by atoms with Gasteiger partial charge in [-0.2, -0.15) is 10.1 Å². The van der Waals surface area contributed by atoms with Crippen LogP contribution in [0, 0.1) is 0 Å². The maximum absolute atomic E-state index is 12.9. The number of halogens is 2. The highest BCUT2D eigenvalue weighted by Crippen LogP contribution is 2.31. The van der Waals surface area contributed by atoms with Gasteiger partial charge in [0.2, 0.25) is 11.8 Å². The van der Waals surface area contributed by atoms with Crippen molar-refractivity contribution >= 4 is 50.8 Å². The summed E-state index contributed by atoms with van der Waals surface area (Å²) in [6.45, 7) is 5.10. The largest absolute Gasteiger partial charge is 0.477 e. The number of anilines is 3. The van der Waals surface area contributed by atoms with E-state index in [-0.39, 0.29) is 17.5 Å². The number of hydrogen-bond acceptors (Lipinski definition) is 7. The Labute approximate surface area is 200 Å². The van der Waals surface area contributed by atoms with Crippen molar-refractivity contribution in [3.05, 3.63) is 51.8 Å². The molecule has 1 amide bonds. The molecule has 0 radical (unpaired) electrons. The van der Waals surface area contributed by atoms with Crippen LogP contribution in [-0.2, 0) is 0 Å². The number of rotatable bonds is 9. The lowest BCUT2D eigenvalue weighted by Crippen LogP contribution is -2.22. The fourth-order valence-electron chi connectivity index (χ4n) is 3.01. The molecule has 0 unspecified atom stereocenters. The average molecular weight is 523 g/mol. The van der Waals surface area contributed by atoms with Crippen LogP contribution in [0.25, 0.3) is 0 Å². The molecule has 11 heteroatoms. The highest BCUT2D eigenvalue weighted by Gasteiger charge is 2.19. The summed E-state index contributed by atoms with van der Waals surface area (Å²) in [6, 6.07) is 5.46. The second-order valence-corrected chi connectivity index (χ2v) is 8.60. The maximum Gasteiger partial charge on any atom is 0.262 e. The van der Waals surface area contributed by atoms with Crippen molar-refractivity contribution in [2.24, 2.45) is 0 Å². The van der Waals surface area contributed by atoms with Crippen molar-refractivity contribution in [3.63, 3.8) is 0 Å². The Morgan fingerprint density at radius 2 is 2.12 bits per heavy atom. The Morgan fingerprint density at radius 3 is 2.81 bits per heavy atom. The molecule has 0 fully saturated rings. The number of nitrogens with zero attached hydrogens (tertiary/aromatic N) is 5. The Bertz CT molecular complexity index is 1070. The number of benzene rings is 1. The molecule has 0 saturated heterocycles. The highest BCUT2D eigenvalue weighted by molar-refractivity contribution is 9.10. The van der Waals surface area contributed by atoms with E-state index >= 15 is 0 Å². The summed E-state index contributed by atoms with van der Waals surface area (Å²) in [5.74, 6) is 0.0295. The first-order chi connectivity index (χ1) is 15.3. The third kappa shape index (κ3) is 5.96. The molecule has 1 atom stereocenters. The SMILES string of the molecule is CCOc1nc(Nc2cnn([C@H](C)CN(C)C)c2)ncc1C(=O)Nc1c(Cl)cccc1Br. The fourth-order valence-corrected chi connectivity index (χ4v) is 3.81. The van der Waals surface area contributed by atoms with Crippen LogP contribution in [0.1, 0.15) is 30.2 Å². The van der Waals surface area contributed by atoms with Crippen molar-refractivity contribution in [2.45, 2.75) is 19.9 Å². The standard InChI is InChI=1S/C21H25BrClN7O2/c1-5-32-20-15(19(31)27-18-16(22)7-6-8-17(18)23)10-24-21(28-20)26-14-9-25-30(12-14)13(2)11-29(3)4/h6-10,12-13H,5,11H2,1-4H3,(H,27,31)(H,24,26,28)/t13-/m1/s1. The predicted molar refractivity (Wildman–Crippen MR) is 129 cm³/mol. The molecule has 3 rings (SSSR count). The molecule has 170 valence electrons. The van der Waals surface area contributed by atoms with Crippen molar-refractivity contribution in [3.8, 4) is 5.88 Å². The smallest absolute Gasteiger partial charge is 0.262 e. The van der Waals surface area contributed by atoms with E-state index in [1.54, 1.807) is 24.4 Å². The van der Waals surface area contributed by atoms with Crippen molar-refractivity contribution in [1.29, 1.82) is 0 Å². The average Bonchev–Trinajstić information content (AvgIpc) is 3.19. The van der Waals surface area contributed by atoms with Gasteiger partial charge < -0.3 is 20.3 Å². The predicted octanol–water partition coefficient (Wildman–Crippen LogP) is 4.61. The van der Waals surface area contributed by atoms with Crippen LogP contribution in [0.15, 0.2) is 41.3 Å².